The number of carbonyl (C=O) groups is 1. The van der Waals surface area contributed by atoms with E-state index >= 15 is 0 Å². The summed E-state index contributed by atoms with van der Waals surface area (Å²) in [5, 5.41) is 6.33. The van der Waals surface area contributed by atoms with Crippen molar-refractivity contribution in [3.63, 3.8) is 0 Å². The second kappa shape index (κ2) is 7.32. The Bertz CT molecular complexity index is 706. The Morgan fingerprint density at radius 1 is 1.24 bits per heavy atom. The van der Waals surface area contributed by atoms with Crippen LogP contribution in [0.5, 0.6) is 0 Å². The summed E-state index contributed by atoms with van der Waals surface area (Å²) in [6.45, 7) is 8.39. The first kappa shape index (κ1) is 16.9. The van der Waals surface area contributed by atoms with Gasteiger partial charge in [-0.1, -0.05) is 0 Å². The molecule has 3 rings (SSSR count). The van der Waals surface area contributed by atoms with Crippen LogP contribution in [0.25, 0.3) is 0 Å². The lowest BCUT2D eigenvalue weighted by Gasteiger charge is -2.35. The number of hydrogen-bond donors (Lipinski definition) is 2. The van der Waals surface area contributed by atoms with Crippen molar-refractivity contribution >= 4 is 23.5 Å². The molecule has 1 saturated heterocycles. The van der Waals surface area contributed by atoms with Crippen molar-refractivity contribution in [2.45, 2.75) is 13.8 Å². The molecule has 0 saturated carbocycles. The second-order valence-corrected chi connectivity index (χ2v) is 5.73. The second-order valence-electron chi connectivity index (χ2n) is 5.73. The molecule has 134 valence electrons. The summed E-state index contributed by atoms with van der Waals surface area (Å²) >= 11 is 0. The minimum absolute atomic E-state index is 0.136. The summed E-state index contributed by atoms with van der Waals surface area (Å²) in [6.07, 6.45) is 1.34. The number of nitrogens with two attached hydrogens (primary N) is 1. The van der Waals surface area contributed by atoms with E-state index < -0.39 is 0 Å². The van der Waals surface area contributed by atoms with E-state index in [1.54, 1.807) is 4.90 Å². The molecule has 1 fully saturated rings. The van der Waals surface area contributed by atoms with Crippen LogP contribution in [0.1, 0.15) is 24.5 Å². The molecule has 25 heavy (non-hydrogen) atoms. The van der Waals surface area contributed by atoms with Gasteiger partial charge in [0, 0.05) is 45.3 Å². The van der Waals surface area contributed by atoms with Crippen molar-refractivity contribution in [2.75, 3.05) is 54.8 Å². The van der Waals surface area contributed by atoms with E-state index in [0.29, 0.717) is 26.2 Å². The molecule has 0 radical (unpaired) electrons. The standard InChI is InChI=1S/C15H23N9O/c1-3-22(4-2)11-9-12(20-15(16)19-11)23-5-7-24(8-6-23)14(25)13-17-10-18-21-13/h9-10H,3-8H2,1-2H3,(H2,16,19,20)(H,17,18,21). The fraction of sp³-hybridized carbons (Fsp3) is 0.533. The van der Waals surface area contributed by atoms with E-state index in [1.807, 2.05) is 6.07 Å². The van der Waals surface area contributed by atoms with Crippen molar-refractivity contribution < 1.29 is 4.79 Å². The molecule has 10 heteroatoms. The van der Waals surface area contributed by atoms with Crippen molar-refractivity contribution in [2.24, 2.45) is 0 Å². The topological polar surface area (TPSA) is 120 Å². The Morgan fingerprint density at radius 2 is 1.96 bits per heavy atom. The smallest absolute Gasteiger partial charge is 0.291 e. The van der Waals surface area contributed by atoms with Crippen LogP contribution >= 0.6 is 0 Å². The van der Waals surface area contributed by atoms with Gasteiger partial charge >= 0.3 is 0 Å². The summed E-state index contributed by atoms with van der Waals surface area (Å²) in [6, 6.07) is 1.96. The van der Waals surface area contributed by atoms with Crippen LogP contribution in [-0.4, -0.2) is 75.2 Å². The monoisotopic (exact) mass is 345 g/mol. The van der Waals surface area contributed by atoms with E-state index in [0.717, 1.165) is 24.7 Å². The maximum Gasteiger partial charge on any atom is 0.291 e. The summed E-state index contributed by atoms with van der Waals surface area (Å²) in [5.74, 6) is 2.01. The number of nitrogen functional groups attached to an aromatic ring is 1. The molecule has 1 aliphatic rings. The number of hydrogen-bond acceptors (Lipinski definition) is 8. The molecule has 3 heterocycles. The molecule has 10 nitrogen and oxygen atoms in total. The third kappa shape index (κ3) is 3.62. The van der Waals surface area contributed by atoms with Crippen molar-refractivity contribution in [3.8, 4) is 0 Å². The normalized spacial score (nSPS) is 14.6. The van der Waals surface area contributed by atoms with Gasteiger partial charge in [0.15, 0.2) is 0 Å². The molecular weight excluding hydrogens is 322 g/mol. The van der Waals surface area contributed by atoms with Gasteiger partial charge in [0.2, 0.25) is 11.8 Å². The molecule has 0 atom stereocenters. The first-order valence-electron chi connectivity index (χ1n) is 8.41. The maximum atomic E-state index is 12.3. The van der Waals surface area contributed by atoms with Crippen molar-refractivity contribution in [1.82, 2.24) is 30.0 Å². The van der Waals surface area contributed by atoms with E-state index in [9.17, 15) is 4.79 Å². The lowest BCUT2D eigenvalue weighted by Crippen LogP contribution is -2.49. The van der Waals surface area contributed by atoms with Crippen LogP contribution < -0.4 is 15.5 Å². The zero-order chi connectivity index (χ0) is 17.8. The number of rotatable bonds is 5. The highest BCUT2D eigenvalue weighted by Gasteiger charge is 2.25. The predicted molar refractivity (Wildman–Crippen MR) is 94.5 cm³/mol. The molecule has 3 N–H and O–H groups in total. The molecule has 1 amide bonds. The van der Waals surface area contributed by atoms with Crippen LogP contribution in [-0.2, 0) is 0 Å². The lowest BCUT2D eigenvalue weighted by molar-refractivity contribution is 0.0734. The molecular formula is C15H23N9O. The van der Waals surface area contributed by atoms with E-state index in [4.69, 9.17) is 5.73 Å². The number of aromatic amines is 1. The average molecular weight is 345 g/mol. The van der Waals surface area contributed by atoms with Gasteiger partial charge in [0.1, 0.15) is 18.0 Å². The first-order valence-corrected chi connectivity index (χ1v) is 8.41. The summed E-state index contributed by atoms with van der Waals surface area (Å²) in [5.41, 5.74) is 5.89. The number of amides is 1. The zero-order valence-corrected chi connectivity index (χ0v) is 14.5. The molecule has 0 unspecified atom stereocenters. The average Bonchev–Trinajstić information content (AvgIpc) is 3.16. The van der Waals surface area contributed by atoms with Crippen LogP contribution in [0.3, 0.4) is 0 Å². The van der Waals surface area contributed by atoms with E-state index in [-0.39, 0.29) is 17.7 Å². The molecule has 0 aromatic carbocycles. The number of H-pyrrole nitrogens is 1. The molecule has 2 aromatic rings. The molecule has 0 bridgehead atoms. The van der Waals surface area contributed by atoms with Crippen LogP contribution in [0.4, 0.5) is 17.6 Å². The molecule has 0 aliphatic carbocycles. The van der Waals surface area contributed by atoms with Gasteiger partial charge < -0.3 is 20.4 Å². The van der Waals surface area contributed by atoms with Crippen molar-refractivity contribution in [1.29, 1.82) is 0 Å². The number of carbonyl (C=O) groups excluding carboxylic acids is 1. The van der Waals surface area contributed by atoms with Gasteiger partial charge in [-0.25, -0.2) is 4.98 Å². The van der Waals surface area contributed by atoms with Gasteiger partial charge in [-0.2, -0.15) is 15.1 Å². The highest BCUT2D eigenvalue weighted by molar-refractivity contribution is 5.90. The van der Waals surface area contributed by atoms with Crippen LogP contribution in [0.15, 0.2) is 12.4 Å². The fourth-order valence-corrected chi connectivity index (χ4v) is 2.91. The number of nitrogens with one attached hydrogen (secondary N) is 1. The minimum Gasteiger partial charge on any atom is -0.368 e. The fourth-order valence-electron chi connectivity index (χ4n) is 2.91. The third-order valence-corrected chi connectivity index (χ3v) is 4.31. The molecule has 2 aromatic heterocycles. The summed E-state index contributed by atoms with van der Waals surface area (Å²) in [7, 11) is 0. The Kier molecular flexibility index (Phi) is 4.96. The van der Waals surface area contributed by atoms with Gasteiger partial charge in [-0.15, -0.1) is 0 Å². The summed E-state index contributed by atoms with van der Waals surface area (Å²) in [4.78, 5) is 30.9. The minimum atomic E-state index is -0.136. The Labute approximate surface area is 146 Å². The highest BCUT2D eigenvalue weighted by atomic mass is 16.2. The third-order valence-electron chi connectivity index (χ3n) is 4.31. The highest BCUT2D eigenvalue weighted by Crippen LogP contribution is 2.21. The van der Waals surface area contributed by atoms with Crippen LogP contribution in [0, 0.1) is 0 Å². The zero-order valence-electron chi connectivity index (χ0n) is 14.5. The number of aromatic nitrogens is 5. The SMILES string of the molecule is CCN(CC)c1cc(N2CCN(C(=O)c3ncn[nH]3)CC2)nc(N)n1. The first-order chi connectivity index (χ1) is 12.1. The Balaban J connectivity index is 1.69. The largest absolute Gasteiger partial charge is 0.368 e. The van der Waals surface area contributed by atoms with Crippen molar-refractivity contribution in [3.05, 3.63) is 18.2 Å². The Hall–Kier alpha value is -2.91. The molecule has 0 spiro atoms. The number of nitrogens with zero attached hydrogens (tertiary/aromatic N) is 7. The summed E-state index contributed by atoms with van der Waals surface area (Å²) < 4.78 is 0. The maximum absolute atomic E-state index is 12.3. The number of piperazine rings is 1. The quantitative estimate of drug-likeness (QED) is 0.776. The predicted octanol–water partition coefficient (Wildman–Crippen LogP) is -0.0145. The van der Waals surface area contributed by atoms with Gasteiger partial charge in [-0.3, -0.25) is 9.89 Å². The number of anilines is 3. The van der Waals surface area contributed by atoms with Gasteiger partial charge in [0.05, 0.1) is 0 Å². The molecule has 1 aliphatic heterocycles. The van der Waals surface area contributed by atoms with Gasteiger partial charge in [0.25, 0.3) is 5.91 Å². The van der Waals surface area contributed by atoms with E-state index in [1.165, 1.54) is 6.33 Å². The van der Waals surface area contributed by atoms with E-state index in [2.05, 4.69) is 48.8 Å². The lowest BCUT2D eigenvalue weighted by atomic mass is 10.3. The Morgan fingerprint density at radius 3 is 2.56 bits per heavy atom. The van der Waals surface area contributed by atoms with Gasteiger partial charge in [-0.05, 0) is 13.8 Å². The van der Waals surface area contributed by atoms with Crippen LogP contribution in [0.2, 0.25) is 0 Å².